The van der Waals surface area contributed by atoms with Crippen LogP contribution in [0.3, 0.4) is 0 Å². The Morgan fingerprint density at radius 3 is 2.80 bits per heavy atom. The van der Waals surface area contributed by atoms with E-state index in [0.717, 1.165) is 6.42 Å². The van der Waals surface area contributed by atoms with Crippen LogP contribution < -0.4 is 10.6 Å². The van der Waals surface area contributed by atoms with Crippen LogP contribution in [-0.2, 0) is 9.59 Å². The average Bonchev–Trinajstić information content (AvgIpc) is 3.12. The van der Waals surface area contributed by atoms with Gasteiger partial charge < -0.3 is 10.6 Å². The summed E-state index contributed by atoms with van der Waals surface area (Å²) in [5.41, 5.74) is 0.0460. The Labute approximate surface area is 121 Å². The Balaban J connectivity index is 1.75. The highest BCUT2D eigenvalue weighted by atomic mass is 35.5. The predicted octanol–water partition coefficient (Wildman–Crippen LogP) is 2.58. The van der Waals surface area contributed by atoms with Crippen molar-refractivity contribution in [3.05, 3.63) is 29.0 Å². The molecule has 0 aliphatic heterocycles. The Morgan fingerprint density at radius 1 is 1.45 bits per heavy atom. The van der Waals surface area contributed by atoms with Gasteiger partial charge in [0, 0.05) is 18.9 Å². The third-order valence-electron chi connectivity index (χ3n) is 3.32. The maximum absolute atomic E-state index is 13.6. The predicted molar refractivity (Wildman–Crippen MR) is 74.9 cm³/mol. The number of carbonyl (C=O) groups excluding carboxylic acids is 2. The molecule has 0 spiro atoms. The number of hydrogen-bond acceptors (Lipinski definition) is 2. The first-order chi connectivity index (χ1) is 9.49. The van der Waals surface area contributed by atoms with Crippen molar-refractivity contribution in [3.63, 3.8) is 0 Å². The van der Waals surface area contributed by atoms with Crippen LogP contribution >= 0.6 is 11.6 Å². The number of benzene rings is 1. The van der Waals surface area contributed by atoms with E-state index >= 15 is 0 Å². The van der Waals surface area contributed by atoms with Crippen LogP contribution in [0.25, 0.3) is 0 Å². The standard InChI is InChI=1S/C14H16ClFN2O2/c1-8-7-9(8)14(20)17-6-5-12(19)18-11-4-2-3-10(15)13(11)16/h2-4,8-9H,5-7H2,1H3,(H,17,20)(H,18,19)/t8-,9+/m1/s1. The van der Waals surface area contributed by atoms with Crippen LogP contribution in [-0.4, -0.2) is 18.4 Å². The summed E-state index contributed by atoms with van der Waals surface area (Å²) in [5, 5.41) is 5.08. The molecule has 0 unspecified atom stereocenters. The zero-order valence-corrected chi connectivity index (χ0v) is 11.8. The van der Waals surface area contributed by atoms with Crippen LogP contribution in [0, 0.1) is 17.7 Å². The van der Waals surface area contributed by atoms with Gasteiger partial charge in [0.2, 0.25) is 11.8 Å². The van der Waals surface area contributed by atoms with E-state index in [4.69, 9.17) is 11.6 Å². The van der Waals surface area contributed by atoms with Crippen molar-refractivity contribution in [2.45, 2.75) is 19.8 Å². The summed E-state index contributed by atoms with van der Waals surface area (Å²) in [6, 6.07) is 4.39. The maximum atomic E-state index is 13.6. The summed E-state index contributed by atoms with van der Waals surface area (Å²) in [6.45, 7) is 2.26. The molecule has 0 bridgehead atoms. The van der Waals surface area contributed by atoms with Crippen molar-refractivity contribution in [3.8, 4) is 0 Å². The molecule has 0 radical (unpaired) electrons. The molecule has 0 saturated heterocycles. The van der Waals surface area contributed by atoms with E-state index in [-0.39, 0.29) is 41.4 Å². The smallest absolute Gasteiger partial charge is 0.226 e. The number of carbonyl (C=O) groups is 2. The summed E-state index contributed by atoms with van der Waals surface area (Å²) in [5.74, 6) is -0.513. The Morgan fingerprint density at radius 2 is 2.15 bits per heavy atom. The summed E-state index contributed by atoms with van der Waals surface area (Å²) < 4.78 is 13.6. The molecule has 2 amide bonds. The first kappa shape index (κ1) is 14.8. The minimum absolute atomic E-state index is 0.0146. The molecule has 0 heterocycles. The van der Waals surface area contributed by atoms with Crippen LogP contribution in [0.15, 0.2) is 18.2 Å². The first-order valence-electron chi connectivity index (χ1n) is 6.50. The second-order valence-corrected chi connectivity index (χ2v) is 5.42. The molecular weight excluding hydrogens is 283 g/mol. The molecule has 1 aromatic carbocycles. The minimum atomic E-state index is -0.654. The van der Waals surface area contributed by atoms with Gasteiger partial charge in [-0.05, 0) is 24.5 Å². The quantitative estimate of drug-likeness (QED) is 0.878. The van der Waals surface area contributed by atoms with Gasteiger partial charge in [-0.25, -0.2) is 4.39 Å². The Hall–Kier alpha value is -1.62. The second-order valence-electron chi connectivity index (χ2n) is 5.01. The lowest BCUT2D eigenvalue weighted by Gasteiger charge is -2.08. The lowest BCUT2D eigenvalue weighted by molar-refractivity contribution is -0.122. The van der Waals surface area contributed by atoms with Crippen molar-refractivity contribution >= 4 is 29.1 Å². The van der Waals surface area contributed by atoms with E-state index in [1.165, 1.54) is 12.1 Å². The molecule has 2 atom stereocenters. The van der Waals surface area contributed by atoms with Gasteiger partial charge in [0.05, 0.1) is 10.7 Å². The van der Waals surface area contributed by atoms with E-state index in [9.17, 15) is 14.0 Å². The van der Waals surface area contributed by atoms with Crippen molar-refractivity contribution in [1.29, 1.82) is 0 Å². The molecule has 4 nitrogen and oxygen atoms in total. The fraction of sp³-hybridized carbons (Fsp3) is 0.429. The van der Waals surface area contributed by atoms with Gasteiger partial charge in [-0.1, -0.05) is 24.6 Å². The molecule has 2 rings (SSSR count). The lowest BCUT2D eigenvalue weighted by Crippen LogP contribution is -2.29. The number of amides is 2. The van der Waals surface area contributed by atoms with Gasteiger partial charge in [0.15, 0.2) is 5.82 Å². The van der Waals surface area contributed by atoms with E-state index in [1.807, 2.05) is 6.92 Å². The molecule has 1 aliphatic carbocycles. The highest BCUT2D eigenvalue weighted by Crippen LogP contribution is 2.37. The van der Waals surface area contributed by atoms with Crippen LogP contribution in [0.4, 0.5) is 10.1 Å². The van der Waals surface area contributed by atoms with Gasteiger partial charge >= 0.3 is 0 Å². The molecule has 1 saturated carbocycles. The van der Waals surface area contributed by atoms with Gasteiger partial charge in [-0.15, -0.1) is 0 Å². The molecule has 0 aromatic heterocycles. The van der Waals surface area contributed by atoms with Crippen molar-refractivity contribution in [1.82, 2.24) is 5.32 Å². The zero-order valence-electron chi connectivity index (χ0n) is 11.1. The number of hydrogen-bond donors (Lipinski definition) is 2. The Kier molecular flexibility index (Phi) is 4.60. The number of halogens is 2. The number of nitrogens with one attached hydrogen (secondary N) is 2. The maximum Gasteiger partial charge on any atom is 0.226 e. The molecular formula is C14H16ClFN2O2. The molecule has 2 N–H and O–H groups in total. The SMILES string of the molecule is C[C@@H]1C[C@@H]1C(=O)NCCC(=O)Nc1cccc(Cl)c1F. The summed E-state index contributed by atoms with van der Waals surface area (Å²) in [6.07, 6.45) is 1.00. The molecule has 20 heavy (non-hydrogen) atoms. The number of anilines is 1. The van der Waals surface area contributed by atoms with Crippen molar-refractivity contribution < 1.29 is 14.0 Å². The molecule has 108 valence electrons. The van der Waals surface area contributed by atoms with Gasteiger partial charge in [-0.2, -0.15) is 0 Å². The van der Waals surface area contributed by atoms with Crippen molar-refractivity contribution in [2.24, 2.45) is 11.8 Å². The van der Waals surface area contributed by atoms with E-state index in [1.54, 1.807) is 6.07 Å². The highest BCUT2D eigenvalue weighted by molar-refractivity contribution is 6.31. The lowest BCUT2D eigenvalue weighted by atomic mass is 10.3. The molecule has 1 aliphatic rings. The first-order valence-corrected chi connectivity index (χ1v) is 6.88. The van der Waals surface area contributed by atoms with E-state index < -0.39 is 5.82 Å². The highest BCUT2D eigenvalue weighted by Gasteiger charge is 2.38. The summed E-state index contributed by atoms with van der Waals surface area (Å²) >= 11 is 5.62. The van der Waals surface area contributed by atoms with Crippen molar-refractivity contribution in [2.75, 3.05) is 11.9 Å². The van der Waals surface area contributed by atoms with Gasteiger partial charge in [0.25, 0.3) is 0 Å². The summed E-state index contributed by atoms with van der Waals surface area (Å²) in [7, 11) is 0. The normalized spacial score (nSPS) is 20.4. The fourth-order valence-electron chi connectivity index (χ4n) is 1.93. The topological polar surface area (TPSA) is 58.2 Å². The molecule has 1 aromatic rings. The van der Waals surface area contributed by atoms with Crippen LogP contribution in [0.5, 0.6) is 0 Å². The zero-order chi connectivity index (χ0) is 14.7. The van der Waals surface area contributed by atoms with E-state index in [2.05, 4.69) is 10.6 Å². The minimum Gasteiger partial charge on any atom is -0.355 e. The van der Waals surface area contributed by atoms with Crippen LogP contribution in [0.2, 0.25) is 5.02 Å². The van der Waals surface area contributed by atoms with E-state index in [0.29, 0.717) is 5.92 Å². The fourth-order valence-corrected chi connectivity index (χ4v) is 2.11. The second kappa shape index (κ2) is 6.22. The van der Waals surface area contributed by atoms with Gasteiger partial charge in [0.1, 0.15) is 0 Å². The third-order valence-corrected chi connectivity index (χ3v) is 3.62. The largest absolute Gasteiger partial charge is 0.355 e. The monoisotopic (exact) mass is 298 g/mol. The Bertz CT molecular complexity index is 536. The van der Waals surface area contributed by atoms with Gasteiger partial charge in [-0.3, -0.25) is 9.59 Å². The number of rotatable bonds is 5. The average molecular weight is 299 g/mol. The molecule has 1 fully saturated rings. The van der Waals surface area contributed by atoms with Crippen LogP contribution in [0.1, 0.15) is 19.8 Å². The molecule has 6 heteroatoms. The summed E-state index contributed by atoms with van der Waals surface area (Å²) in [4.78, 5) is 23.2. The third kappa shape index (κ3) is 3.70.